The molecule has 2 N–H and O–H groups in total. The molecule has 1 heterocycles. The van der Waals surface area contributed by atoms with Gasteiger partial charge in [-0.05, 0) is 25.9 Å². The molecule has 0 aromatic heterocycles. The van der Waals surface area contributed by atoms with Crippen LogP contribution in [0.4, 0.5) is 3.89 Å². The van der Waals surface area contributed by atoms with Crippen molar-refractivity contribution in [1.82, 2.24) is 10.0 Å². The highest BCUT2D eigenvalue weighted by Gasteiger charge is 2.18. The van der Waals surface area contributed by atoms with E-state index in [1.807, 2.05) is 4.72 Å². The van der Waals surface area contributed by atoms with Gasteiger partial charge in [0.2, 0.25) is 0 Å². The van der Waals surface area contributed by atoms with Crippen molar-refractivity contribution in [3.05, 3.63) is 0 Å². The monoisotopic (exact) mass is 182 g/mol. The van der Waals surface area contributed by atoms with Gasteiger partial charge in [0.25, 0.3) is 0 Å². The lowest BCUT2D eigenvalue weighted by Gasteiger charge is -2.21. The first kappa shape index (κ1) is 8.89. The Kier molecular flexibility index (Phi) is 2.80. The zero-order chi connectivity index (χ0) is 8.32. The van der Waals surface area contributed by atoms with Gasteiger partial charge in [0.1, 0.15) is 0 Å². The van der Waals surface area contributed by atoms with Gasteiger partial charge in [0, 0.05) is 6.04 Å². The molecule has 0 radical (unpaired) electrons. The van der Waals surface area contributed by atoms with Gasteiger partial charge in [-0.25, -0.2) is 0 Å². The van der Waals surface area contributed by atoms with E-state index in [1.54, 1.807) is 0 Å². The second-order valence-electron chi connectivity index (χ2n) is 2.58. The molecule has 0 aromatic rings. The summed E-state index contributed by atoms with van der Waals surface area (Å²) in [5.74, 6) is 0. The molecule has 1 fully saturated rings. The van der Waals surface area contributed by atoms with Crippen LogP contribution < -0.4 is 10.0 Å². The van der Waals surface area contributed by atoms with Crippen LogP contribution in [-0.4, -0.2) is 27.5 Å². The molecule has 1 saturated heterocycles. The minimum atomic E-state index is -4.50. The van der Waals surface area contributed by atoms with Crippen molar-refractivity contribution in [2.24, 2.45) is 0 Å². The van der Waals surface area contributed by atoms with Gasteiger partial charge in [0.05, 0.1) is 0 Å². The van der Waals surface area contributed by atoms with Crippen molar-refractivity contribution < 1.29 is 12.3 Å². The molecule has 0 bridgehead atoms. The summed E-state index contributed by atoms with van der Waals surface area (Å²) in [5, 5.41) is 3.04. The Bertz CT molecular complexity index is 211. The van der Waals surface area contributed by atoms with Crippen LogP contribution in [-0.2, 0) is 10.4 Å². The fourth-order valence-corrected chi connectivity index (χ4v) is 1.77. The predicted octanol–water partition coefficient (Wildman–Crippen LogP) is -0.458. The Morgan fingerprint density at radius 1 is 1.36 bits per heavy atom. The predicted molar refractivity (Wildman–Crippen MR) is 39.1 cm³/mol. The van der Waals surface area contributed by atoms with Crippen LogP contribution in [0.2, 0.25) is 0 Å². The van der Waals surface area contributed by atoms with E-state index in [1.165, 1.54) is 0 Å². The first-order chi connectivity index (χ1) is 5.08. The van der Waals surface area contributed by atoms with E-state index < -0.39 is 10.4 Å². The molecule has 0 aromatic carbocycles. The van der Waals surface area contributed by atoms with Crippen molar-refractivity contribution in [2.75, 3.05) is 13.1 Å². The molecular formula is C5H11FN2O2S. The normalized spacial score (nSPS) is 21.9. The van der Waals surface area contributed by atoms with Crippen LogP contribution in [0.3, 0.4) is 0 Å². The van der Waals surface area contributed by atoms with E-state index >= 15 is 0 Å². The smallest absolute Gasteiger partial charge is 0.317 e. The Hall–Kier alpha value is -0.200. The number of hydrogen-bond acceptors (Lipinski definition) is 3. The van der Waals surface area contributed by atoms with Crippen LogP contribution in [0, 0.1) is 0 Å². The van der Waals surface area contributed by atoms with Crippen LogP contribution >= 0.6 is 0 Å². The van der Waals surface area contributed by atoms with Crippen molar-refractivity contribution >= 4 is 10.4 Å². The molecule has 11 heavy (non-hydrogen) atoms. The molecule has 0 saturated carbocycles. The number of nitrogens with one attached hydrogen (secondary N) is 2. The summed E-state index contributed by atoms with van der Waals surface area (Å²) in [6, 6.07) is -0.230. The maximum absolute atomic E-state index is 12.0. The minimum Gasteiger partial charge on any atom is -0.317 e. The maximum Gasteiger partial charge on any atom is 0.372 e. The summed E-state index contributed by atoms with van der Waals surface area (Å²) < 4.78 is 34.1. The zero-order valence-electron chi connectivity index (χ0n) is 6.01. The van der Waals surface area contributed by atoms with Crippen molar-refractivity contribution in [2.45, 2.75) is 18.9 Å². The topological polar surface area (TPSA) is 58.2 Å². The Morgan fingerprint density at radius 3 is 2.36 bits per heavy atom. The minimum absolute atomic E-state index is 0.230. The van der Waals surface area contributed by atoms with E-state index in [-0.39, 0.29) is 6.04 Å². The summed E-state index contributed by atoms with van der Waals surface area (Å²) in [4.78, 5) is 0. The Morgan fingerprint density at radius 2 is 1.91 bits per heavy atom. The molecule has 0 spiro atoms. The molecule has 0 aliphatic carbocycles. The average molecular weight is 182 g/mol. The highest BCUT2D eigenvalue weighted by molar-refractivity contribution is 7.84. The number of piperidine rings is 1. The van der Waals surface area contributed by atoms with Crippen LogP contribution in [0.15, 0.2) is 0 Å². The van der Waals surface area contributed by atoms with Crippen LogP contribution in [0.25, 0.3) is 0 Å². The highest BCUT2D eigenvalue weighted by Crippen LogP contribution is 2.03. The zero-order valence-corrected chi connectivity index (χ0v) is 6.82. The molecule has 1 rings (SSSR count). The third-order valence-electron chi connectivity index (χ3n) is 1.65. The third-order valence-corrected chi connectivity index (χ3v) is 2.26. The van der Waals surface area contributed by atoms with E-state index in [9.17, 15) is 12.3 Å². The van der Waals surface area contributed by atoms with Gasteiger partial charge in [-0.1, -0.05) is 3.89 Å². The summed E-state index contributed by atoms with van der Waals surface area (Å²) in [5.41, 5.74) is 0. The first-order valence-electron chi connectivity index (χ1n) is 3.50. The van der Waals surface area contributed by atoms with Crippen LogP contribution in [0.5, 0.6) is 0 Å². The molecule has 1 aliphatic rings. The van der Waals surface area contributed by atoms with Gasteiger partial charge < -0.3 is 5.32 Å². The van der Waals surface area contributed by atoms with E-state index in [2.05, 4.69) is 5.32 Å². The molecule has 0 unspecified atom stereocenters. The molecule has 0 atom stereocenters. The van der Waals surface area contributed by atoms with Gasteiger partial charge in [0.15, 0.2) is 0 Å². The molecule has 66 valence electrons. The lowest BCUT2D eigenvalue weighted by molar-refractivity contribution is 0.418. The van der Waals surface area contributed by atoms with Crippen molar-refractivity contribution in [1.29, 1.82) is 0 Å². The number of rotatable bonds is 2. The van der Waals surface area contributed by atoms with Crippen LogP contribution in [0.1, 0.15) is 12.8 Å². The number of hydrogen-bond donors (Lipinski definition) is 2. The maximum atomic E-state index is 12.0. The largest absolute Gasteiger partial charge is 0.372 e. The lowest BCUT2D eigenvalue weighted by Crippen LogP contribution is -2.41. The molecule has 0 amide bonds. The van der Waals surface area contributed by atoms with E-state index in [0.29, 0.717) is 12.8 Å². The van der Waals surface area contributed by atoms with Gasteiger partial charge in [-0.2, -0.15) is 13.1 Å². The second-order valence-corrected chi connectivity index (χ2v) is 3.69. The summed E-state index contributed by atoms with van der Waals surface area (Å²) in [6.07, 6.45) is 1.31. The average Bonchev–Trinajstić information content (AvgIpc) is 1.85. The van der Waals surface area contributed by atoms with Gasteiger partial charge in [-0.3, -0.25) is 0 Å². The Labute approximate surface area is 65.5 Å². The first-order valence-corrected chi connectivity index (χ1v) is 4.89. The molecule has 1 aliphatic heterocycles. The molecule has 6 heteroatoms. The van der Waals surface area contributed by atoms with Crippen molar-refractivity contribution in [3.8, 4) is 0 Å². The van der Waals surface area contributed by atoms with E-state index in [4.69, 9.17) is 0 Å². The fourth-order valence-electron chi connectivity index (χ4n) is 1.14. The second kappa shape index (κ2) is 3.46. The summed E-state index contributed by atoms with van der Waals surface area (Å²) >= 11 is 0. The highest BCUT2D eigenvalue weighted by atomic mass is 32.3. The SMILES string of the molecule is O=S(=O)(F)NC1CCNCC1. The third kappa shape index (κ3) is 3.64. The number of halogens is 1. The van der Waals surface area contributed by atoms with Crippen molar-refractivity contribution in [3.63, 3.8) is 0 Å². The summed E-state index contributed by atoms with van der Waals surface area (Å²) in [6.45, 7) is 1.49. The Balaban J connectivity index is 2.36. The van der Waals surface area contributed by atoms with Gasteiger partial charge >= 0.3 is 10.4 Å². The van der Waals surface area contributed by atoms with Gasteiger partial charge in [-0.15, -0.1) is 0 Å². The summed E-state index contributed by atoms with van der Waals surface area (Å²) in [7, 11) is -4.50. The van der Waals surface area contributed by atoms with E-state index in [0.717, 1.165) is 13.1 Å². The molecular weight excluding hydrogens is 171 g/mol. The fraction of sp³-hybridized carbons (Fsp3) is 1.00. The standard InChI is InChI=1S/C5H11FN2O2S/c6-11(9,10)8-5-1-3-7-4-2-5/h5,7-8H,1-4H2. The molecule has 4 nitrogen and oxygen atoms in total. The lowest BCUT2D eigenvalue weighted by atomic mass is 10.1. The quantitative estimate of drug-likeness (QED) is 0.568.